The highest BCUT2D eigenvalue weighted by Crippen LogP contribution is 2.35. The number of aromatic amines is 1. The van der Waals surface area contributed by atoms with Crippen LogP contribution in [0.5, 0.6) is 0 Å². The zero-order chi connectivity index (χ0) is 25.3. The number of hydrogen-bond acceptors (Lipinski definition) is 6. The van der Waals surface area contributed by atoms with Crippen LogP contribution in [0.1, 0.15) is 48.0 Å². The lowest BCUT2D eigenvalue weighted by Crippen LogP contribution is -2.28. The number of rotatable bonds is 8. The van der Waals surface area contributed by atoms with Gasteiger partial charge in [0.05, 0.1) is 47.9 Å². The number of aliphatic hydroxyl groups is 2. The number of aromatic nitrogens is 5. The van der Waals surface area contributed by atoms with Crippen LogP contribution in [0.2, 0.25) is 0 Å². The molecule has 3 N–H and O–H groups in total. The van der Waals surface area contributed by atoms with Gasteiger partial charge in [0, 0.05) is 25.1 Å². The number of H-pyrrole nitrogens is 1. The smallest absolute Gasteiger partial charge is 0.395 e. The Hall–Kier alpha value is -3.44. The molecule has 4 rings (SSSR count). The quantitative estimate of drug-likeness (QED) is 0.348. The second kappa shape index (κ2) is 9.67. The minimum atomic E-state index is -4.47. The van der Waals surface area contributed by atoms with Crippen molar-refractivity contribution in [3.63, 3.8) is 0 Å². The molecule has 3 aromatic heterocycles. The van der Waals surface area contributed by atoms with Crippen LogP contribution in [-0.2, 0) is 12.6 Å². The molecule has 0 bridgehead atoms. The minimum Gasteiger partial charge on any atom is -0.395 e. The van der Waals surface area contributed by atoms with Crippen LogP contribution in [0.25, 0.3) is 16.9 Å². The van der Waals surface area contributed by atoms with Crippen LogP contribution in [0.4, 0.5) is 19.0 Å². The molecule has 0 amide bonds. The number of benzene rings is 1. The summed E-state index contributed by atoms with van der Waals surface area (Å²) in [6.07, 6.45) is -2.20. The second-order valence-corrected chi connectivity index (χ2v) is 8.30. The first-order valence-corrected chi connectivity index (χ1v) is 11.3. The Balaban J connectivity index is 1.97. The van der Waals surface area contributed by atoms with E-state index in [1.807, 2.05) is 17.9 Å². The Morgan fingerprint density at radius 2 is 2.03 bits per heavy atom. The maximum atomic E-state index is 13.5. The summed E-state index contributed by atoms with van der Waals surface area (Å²) in [6, 6.07) is 5.90. The van der Waals surface area contributed by atoms with E-state index in [2.05, 4.69) is 15.0 Å². The molecular weight excluding hydrogens is 461 g/mol. The number of anilines is 1. The van der Waals surface area contributed by atoms with Crippen LogP contribution in [0.3, 0.4) is 0 Å². The van der Waals surface area contributed by atoms with Crippen molar-refractivity contribution in [2.75, 3.05) is 24.6 Å². The van der Waals surface area contributed by atoms with Crippen molar-refractivity contribution in [1.82, 2.24) is 24.6 Å². The van der Waals surface area contributed by atoms with Crippen LogP contribution < -0.4 is 4.90 Å². The van der Waals surface area contributed by atoms with Gasteiger partial charge < -0.3 is 20.1 Å². The fourth-order valence-electron chi connectivity index (χ4n) is 4.24. The van der Waals surface area contributed by atoms with Gasteiger partial charge in [0.2, 0.25) is 0 Å². The highest BCUT2D eigenvalue weighted by molar-refractivity contribution is 5.77. The molecule has 186 valence electrons. The number of likely N-dealkylation sites (N-methyl/N-ethyl adjacent to an activating group) is 1. The number of fused-ring (bicyclic) bond motifs is 1. The van der Waals surface area contributed by atoms with Gasteiger partial charge in [-0.1, -0.05) is 12.1 Å². The normalized spacial score (nSPS) is 12.9. The van der Waals surface area contributed by atoms with Gasteiger partial charge in [-0.15, -0.1) is 5.10 Å². The molecule has 0 aliphatic heterocycles. The number of imidazole rings is 2. The summed E-state index contributed by atoms with van der Waals surface area (Å²) >= 11 is 0. The molecule has 0 saturated carbocycles. The topological polar surface area (TPSA) is 103 Å². The second-order valence-electron chi connectivity index (χ2n) is 8.30. The van der Waals surface area contributed by atoms with E-state index >= 15 is 0 Å². The molecule has 11 heteroatoms. The summed E-state index contributed by atoms with van der Waals surface area (Å²) in [6.45, 7) is 5.77. The van der Waals surface area contributed by atoms with Crippen molar-refractivity contribution in [2.24, 2.45) is 0 Å². The molecule has 8 nitrogen and oxygen atoms in total. The van der Waals surface area contributed by atoms with Crippen molar-refractivity contribution in [1.29, 1.82) is 0 Å². The Bertz CT molecular complexity index is 1320. The summed E-state index contributed by atoms with van der Waals surface area (Å²) in [7, 11) is 0. The van der Waals surface area contributed by atoms with Gasteiger partial charge in [0.1, 0.15) is 5.82 Å². The summed E-state index contributed by atoms with van der Waals surface area (Å²) in [5.74, 6) is 0.551. The number of nitrogens with one attached hydrogen (secondary N) is 1. The highest BCUT2D eigenvalue weighted by Gasteiger charge is 2.33. The van der Waals surface area contributed by atoms with Crippen LogP contribution in [-0.4, -0.2) is 54.5 Å². The third kappa shape index (κ3) is 4.73. The molecule has 3 heterocycles. The molecule has 1 unspecified atom stereocenters. The standard InChI is InChI=1S/C24H27F3N6O2/c1-4-32(8-9-34)21-11-17(19-12-28-13-29-19)23-30-22(15(3)35)20(33(23)31-21)10-16-6-5-7-18(14(16)2)24(25,26)27/h5-7,11-13,15,34-35H,4,8-10H2,1-3H3,(H,28,29). The van der Waals surface area contributed by atoms with Crippen LogP contribution in [0, 0.1) is 6.92 Å². The number of nitrogens with zero attached hydrogens (tertiary/aromatic N) is 5. The third-order valence-electron chi connectivity index (χ3n) is 6.06. The molecule has 0 aliphatic carbocycles. The van der Waals surface area contributed by atoms with E-state index in [0.29, 0.717) is 52.8 Å². The van der Waals surface area contributed by atoms with E-state index in [0.717, 1.165) is 6.07 Å². The predicted octanol–water partition coefficient (Wildman–Crippen LogP) is 3.91. The lowest BCUT2D eigenvalue weighted by molar-refractivity contribution is -0.138. The summed E-state index contributed by atoms with van der Waals surface area (Å²) in [4.78, 5) is 13.7. The minimum absolute atomic E-state index is 0.0773. The Kier molecular flexibility index (Phi) is 6.82. The van der Waals surface area contributed by atoms with E-state index in [-0.39, 0.29) is 18.6 Å². The van der Waals surface area contributed by atoms with Gasteiger partial charge in [-0.25, -0.2) is 14.5 Å². The van der Waals surface area contributed by atoms with Gasteiger partial charge in [-0.2, -0.15) is 13.2 Å². The molecule has 0 aliphatic rings. The van der Waals surface area contributed by atoms with Gasteiger partial charge in [-0.3, -0.25) is 0 Å². The predicted molar refractivity (Wildman–Crippen MR) is 125 cm³/mol. The maximum absolute atomic E-state index is 13.5. The van der Waals surface area contributed by atoms with Gasteiger partial charge >= 0.3 is 6.18 Å². The molecule has 0 fully saturated rings. The molecular formula is C24H27F3N6O2. The van der Waals surface area contributed by atoms with E-state index in [9.17, 15) is 23.4 Å². The molecule has 4 aromatic rings. The lowest BCUT2D eigenvalue weighted by atomic mass is 9.97. The molecule has 1 atom stereocenters. The average molecular weight is 489 g/mol. The van der Waals surface area contributed by atoms with E-state index < -0.39 is 17.8 Å². The fraction of sp³-hybridized carbons (Fsp3) is 0.375. The summed E-state index contributed by atoms with van der Waals surface area (Å²) in [5.41, 5.74) is 2.47. The fourth-order valence-corrected chi connectivity index (χ4v) is 4.24. The molecule has 0 saturated heterocycles. The van der Waals surface area contributed by atoms with Gasteiger partial charge in [0.15, 0.2) is 5.65 Å². The van der Waals surface area contributed by atoms with E-state index in [4.69, 9.17) is 5.10 Å². The van der Waals surface area contributed by atoms with Crippen molar-refractivity contribution in [2.45, 2.75) is 39.5 Å². The van der Waals surface area contributed by atoms with Crippen molar-refractivity contribution < 1.29 is 23.4 Å². The first-order chi connectivity index (χ1) is 16.7. The largest absolute Gasteiger partial charge is 0.416 e. The zero-order valence-electron chi connectivity index (χ0n) is 19.6. The number of alkyl halides is 3. The average Bonchev–Trinajstić information content (AvgIpc) is 3.46. The van der Waals surface area contributed by atoms with Crippen molar-refractivity contribution in [3.8, 4) is 11.3 Å². The van der Waals surface area contributed by atoms with E-state index in [1.54, 1.807) is 23.7 Å². The number of halogens is 3. The molecule has 35 heavy (non-hydrogen) atoms. The van der Waals surface area contributed by atoms with Crippen LogP contribution >= 0.6 is 0 Å². The molecule has 0 radical (unpaired) electrons. The lowest BCUT2D eigenvalue weighted by Gasteiger charge is -2.22. The first kappa shape index (κ1) is 24.7. The van der Waals surface area contributed by atoms with Gasteiger partial charge in [0.25, 0.3) is 0 Å². The highest BCUT2D eigenvalue weighted by atomic mass is 19.4. The third-order valence-corrected chi connectivity index (χ3v) is 6.06. The van der Waals surface area contributed by atoms with Crippen LogP contribution in [0.15, 0.2) is 36.8 Å². The maximum Gasteiger partial charge on any atom is 0.416 e. The van der Waals surface area contributed by atoms with E-state index in [1.165, 1.54) is 19.3 Å². The number of aliphatic hydroxyl groups excluding tert-OH is 2. The van der Waals surface area contributed by atoms with Crippen molar-refractivity contribution >= 4 is 11.5 Å². The van der Waals surface area contributed by atoms with Crippen molar-refractivity contribution in [3.05, 3.63) is 64.9 Å². The number of hydrogen-bond donors (Lipinski definition) is 3. The first-order valence-electron chi connectivity index (χ1n) is 11.3. The van der Waals surface area contributed by atoms with Gasteiger partial charge in [-0.05, 0) is 44.0 Å². The summed E-state index contributed by atoms with van der Waals surface area (Å²) < 4.78 is 42.2. The Morgan fingerprint density at radius 3 is 2.63 bits per heavy atom. The molecule has 1 aromatic carbocycles. The monoisotopic (exact) mass is 488 g/mol. The SMILES string of the molecule is CCN(CCO)c1cc(-c2cnc[nH]2)c2nc(C(C)O)c(Cc3cccc(C(F)(F)F)c3C)n2n1. The Morgan fingerprint density at radius 1 is 1.26 bits per heavy atom. The Labute approximate surface area is 200 Å². The zero-order valence-corrected chi connectivity index (χ0v) is 19.6. The summed E-state index contributed by atoms with van der Waals surface area (Å²) in [5, 5.41) is 24.8. The molecule has 0 spiro atoms.